The van der Waals surface area contributed by atoms with Crippen molar-refractivity contribution in [3.63, 3.8) is 0 Å². The van der Waals surface area contributed by atoms with E-state index < -0.39 is 28.5 Å². The number of benzene rings is 4. The molecule has 1 N–H and O–H groups in total. The summed E-state index contributed by atoms with van der Waals surface area (Å²) in [5.41, 5.74) is 1.94. The molecule has 0 aliphatic heterocycles. The number of hydrogen-bond donors (Lipinski definition) is 1. The molecule has 0 fully saturated rings. The van der Waals surface area contributed by atoms with Crippen molar-refractivity contribution in [1.29, 1.82) is 0 Å². The van der Waals surface area contributed by atoms with E-state index in [0.29, 0.717) is 11.6 Å². The summed E-state index contributed by atoms with van der Waals surface area (Å²) in [7, 11) is -4.17. The Balaban J connectivity index is 1.77. The van der Waals surface area contributed by atoms with Crippen molar-refractivity contribution in [2.75, 3.05) is 17.4 Å². The van der Waals surface area contributed by atoms with Gasteiger partial charge in [0.15, 0.2) is 0 Å². The number of hydrogen-bond acceptors (Lipinski definition) is 4. The van der Waals surface area contributed by atoms with Crippen LogP contribution in [0.15, 0.2) is 120 Å². The Bertz CT molecular complexity index is 1590. The zero-order valence-corrected chi connectivity index (χ0v) is 25.7. The summed E-state index contributed by atoms with van der Waals surface area (Å²) in [6, 6.07) is 32.3. The summed E-state index contributed by atoms with van der Waals surface area (Å²) in [6.45, 7) is 2.10. The van der Waals surface area contributed by atoms with E-state index in [0.717, 1.165) is 28.3 Å². The Kier molecular flexibility index (Phi) is 11.4. The number of carbonyl (C=O) groups excluding carboxylic acids is 2. The second-order valence-corrected chi connectivity index (χ2v) is 12.5. The van der Waals surface area contributed by atoms with Crippen LogP contribution in [-0.2, 0) is 32.6 Å². The Morgan fingerprint density at radius 2 is 1.42 bits per heavy atom. The van der Waals surface area contributed by atoms with Crippen LogP contribution in [0, 0.1) is 0 Å². The second kappa shape index (κ2) is 15.4. The molecule has 224 valence electrons. The first kappa shape index (κ1) is 31.8. The topological polar surface area (TPSA) is 86.8 Å². The third kappa shape index (κ3) is 8.69. The fraction of sp³-hybridized carbons (Fsp3) is 0.235. The maximum absolute atomic E-state index is 14.4. The zero-order valence-electron chi connectivity index (χ0n) is 24.1. The van der Waals surface area contributed by atoms with Gasteiger partial charge in [-0.1, -0.05) is 110 Å². The summed E-state index contributed by atoms with van der Waals surface area (Å²) < 4.78 is 29.0. The van der Waals surface area contributed by atoms with Crippen molar-refractivity contribution < 1.29 is 18.0 Å². The van der Waals surface area contributed by atoms with Crippen LogP contribution in [0.1, 0.15) is 30.9 Å². The Morgan fingerprint density at radius 1 is 0.814 bits per heavy atom. The molecule has 0 aliphatic carbocycles. The number of halogens is 1. The molecule has 43 heavy (non-hydrogen) atoms. The molecule has 9 heteroatoms. The highest BCUT2D eigenvalue weighted by molar-refractivity contribution is 7.92. The first-order valence-corrected chi connectivity index (χ1v) is 16.1. The van der Waals surface area contributed by atoms with Gasteiger partial charge in [-0.25, -0.2) is 8.42 Å². The third-order valence-corrected chi connectivity index (χ3v) is 9.03. The minimum absolute atomic E-state index is 0.0375. The van der Waals surface area contributed by atoms with Crippen LogP contribution in [0.3, 0.4) is 0 Å². The van der Waals surface area contributed by atoms with Crippen molar-refractivity contribution in [3.8, 4) is 0 Å². The van der Waals surface area contributed by atoms with Gasteiger partial charge < -0.3 is 10.2 Å². The summed E-state index contributed by atoms with van der Waals surface area (Å²) in [5, 5.41) is 3.32. The third-order valence-electron chi connectivity index (χ3n) is 7.00. The number of carbonyl (C=O) groups is 2. The number of nitrogens with one attached hydrogen (secondary N) is 1. The average molecular weight is 618 g/mol. The maximum Gasteiger partial charge on any atom is 0.264 e. The summed E-state index contributed by atoms with van der Waals surface area (Å²) in [5.74, 6) is -0.809. The highest BCUT2D eigenvalue weighted by Gasteiger charge is 2.34. The van der Waals surface area contributed by atoms with Gasteiger partial charge in [0, 0.05) is 24.5 Å². The lowest BCUT2D eigenvalue weighted by Gasteiger charge is -2.34. The lowest BCUT2D eigenvalue weighted by molar-refractivity contribution is -0.140. The number of nitrogens with zero attached hydrogens (tertiary/aromatic N) is 2. The minimum Gasteiger partial charge on any atom is -0.354 e. The smallest absolute Gasteiger partial charge is 0.264 e. The zero-order chi connectivity index (χ0) is 30.7. The normalized spacial score (nSPS) is 11.9. The Morgan fingerprint density at radius 3 is 2.02 bits per heavy atom. The molecule has 0 unspecified atom stereocenters. The number of amides is 2. The van der Waals surface area contributed by atoms with Crippen LogP contribution >= 0.6 is 11.6 Å². The molecule has 4 aromatic rings. The van der Waals surface area contributed by atoms with Gasteiger partial charge in [-0.15, -0.1) is 0 Å². The first-order chi connectivity index (χ1) is 20.8. The van der Waals surface area contributed by atoms with Gasteiger partial charge in [0.05, 0.1) is 10.6 Å². The minimum atomic E-state index is -4.17. The number of anilines is 1. The molecule has 0 aromatic heterocycles. The number of rotatable bonds is 14. The molecule has 2 amide bonds. The molecular weight excluding hydrogens is 582 g/mol. The van der Waals surface area contributed by atoms with Crippen LogP contribution < -0.4 is 9.62 Å². The number of unbranched alkanes of at least 4 members (excludes halogenated alkanes) is 1. The van der Waals surface area contributed by atoms with Gasteiger partial charge in [-0.3, -0.25) is 13.9 Å². The highest BCUT2D eigenvalue weighted by Crippen LogP contribution is 2.27. The van der Waals surface area contributed by atoms with Crippen LogP contribution in [0.5, 0.6) is 0 Å². The van der Waals surface area contributed by atoms with Gasteiger partial charge in [0.1, 0.15) is 12.6 Å². The lowest BCUT2D eigenvalue weighted by Crippen LogP contribution is -2.53. The molecule has 7 nitrogen and oxygen atoms in total. The predicted molar refractivity (Wildman–Crippen MR) is 171 cm³/mol. The average Bonchev–Trinajstić information content (AvgIpc) is 3.03. The second-order valence-electron chi connectivity index (χ2n) is 10.2. The van der Waals surface area contributed by atoms with E-state index in [1.165, 1.54) is 23.1 Å². The fourth-order valence-electron chi connectivity index (χ4n) is 4.72. The van der Waals surface area contributed by atoms with Gasteiger partial charge >= 0.3 is 0 Å². The van der Waals surface area contributed by atoms with Gasteiger partial charge in [-0.2, -0.15) is 0 Å². The maximum atomic E-state index is 14.4. The monoisotopic (exact) mass is 617 g/mol. The van der Waals surface area contributed by atoms with Crippen LogP contribution in [-0.4, -0.2) is 44.3 Å². The predicted octanol–water partition coefficient (Wildman–Crippen LogP) is 6.09. The molecule has 4 rings (SSSR count). The largest absolute Gasteiger partial charge is 0.354 e. The van der Waals surface area contributed by atoms with E-state index in [1.54, 1.807) is 36.4 Å². The molecule has 0 heterocycles. The standard InChI is InChI=1S/C34H36ClN3O4S/c1-2-3-22-36-34(40)32(23-27-14-7-4-8-15-27)37(25-28-16-9-5-10-17-28)33(39)26-38(30-19-13-18-29(35)24-30)43(41,42)31-20-11-6-12-21-31/h4-21,24,32H,2-3,22-23,25-26H2,1H3,(H,36,40)/t32-/m1/s1. The quantitative estimate of drug-likeness (QED) is 0.174. The van der Waals surface area contributed by atoms with Crippen molar-refractivity contribution in [1.82, 2.24) is 10.2 Å². The van der Waals surface area contributed by atoms with E-state index in [9.17, 15) is 18.0 Å². The van der Waals surface area contributed by atoms with E-state index in [4.69, 9.17) is 11.6 Å². The molecule has 0 saturated carbocycles. The van der Waals surface area contributed by atoms with Gasteiger partial charge in [0.25, 0.3) is 10.0 Å². The van der Waals surface area contributed by atoms with Crippen LogP contribution in [0.4, 0.5) is 5.69 Å². The Hall–Kier alpha value is -4.14. The number of sulfonamides is 1. The summed E-state index contributed by atoms with van der Waals surface area (Å²) in [4.78, 5) is 29.6. The van der Waals surface area contributed by atoms with Gasteiger partial charge in [0.2, 0.25) is 11.8 Å². The first-order valence-electron chi connectivity index (χ1n) is 14.3. The van der Waals surface area contributed by atoms with Crippen molar-refractivity contribution in [2.45, 2.75) is 43.7 Å². The molecule has 0 aliphatic rings. The van der Waals surface area contributed by atoms with Crippen LogP contribution in [0.25, 0.3) is 0 Å². The highest BCUT2D eigenvalue weighted by atomic mass is 35.5. The van der Waals surface area contributed by atoms with E-state index in [2.05, 4.69) is 5.32 Å². The van der Waals surface area contributed by atoms with E-state index >= 15 is 0 Å². The van der Waals surface area contributed by atoms with Gasteiger partial charge in [-0.05, 0) is 47.9 Å². The summed E-state index contributed by atoms with van der Waals surface area (Å²) in [6.07, 6.45) is 1.97. The molecule has 0 spiro atoms. The molecule has 4 aromatic carbocycles. The molecule has 1 atom stereocenters. The molecule has 0 saturated heterocycles. The lowest BCUT2D eigenvalue weighted by atomic mass is 10.0. The van der Waals surface area contributed by atoms with Crippen molar-refractivity contribution in [2.24, 2.45) is 0 Å². The van der Waals surface area contributed by atoms with E-state index in [-0.39, 0.29) is 29.5 Å². The van der Waals surface area contributed by atoms with Crippen molar-refractivity contribution in [3.05, 3.63) is 131 Å². The van der Waals surface area contributed by atoms with Crippen molar-refractivity contribution >= 4 is 39.1 Å². The fourth-order valence-corrected chi connectivity index (χ4v) is 6.33. The SMILES string of the molecule is CCCCNC(=O)[C@@H](Cc1ccccc1)N(Cc1ccccc1)C(=O)CN(c1cccc(Cl)c1)S(=O)(=O)c1ccccc1. The molecule has 0 radical (unpaired) electrons. The summed E-state index contributed by atoms with van der Waals surface area (Å²) >= 11 is 6.26. The van der Waals surface area contributed by atoms with E-state index in [1.807, 2.05) is 67.6 Å². The van der Waals surface area contributed by atoms with Crippen LogP contribution in [0.2, 0.25) is 5.02 Å². The Labute approximate surface area is 259 Å². The molecular formula is C34H36ClN3O4S. The molecule has 0 bridgehead atoms.